The average Bonchev–Trinajstić information content (AvgIpc) is 2.79. The van der Waals surface area contributed by atoms with Crippen molar-refractivity contribution in [2.24, 2.45) is 0 Å². The van der Waals surface area contributed by atoms with Gasteiger partial charge >= 0.3 is 5.63 Å². The molecule has 0 saturated carbocycles. The summed E-state index contributed by atoms with van der Waals surface area (Å²) in [4.78, 5) is 39.7. The summed E-state index contributed by atoms with van der Waals surface area (Å²) in [7, 11) is 1.31. The van der Waals surface area contributed by atoms with Crippen molar-refractivity contribution >= 4 is 51.5 Å². The molecule has 11 heteroatoms. The fourth-order valence-corrected chi connectivity index (χ4v) is 4.05. The van der Waals surface area contributed by atoms with E-state index in [2.05, 4.69) is 0 Å². The van der Waals surface area contributed by atoms with Gasteiger partial charge in [-0.05, 0) is 24.3 Å². The minimum Gasteiger partial charge on any atom is -0.493 e. The lowest BCUT2D eigenvalue weighted by Gasteiger charge is -2.36. The molecule has 0 N–H and O–H groups in total. The monoisotopic (exact) mass is 477 g/mol. The Morgan fingerprint density at radius 2 is 1.84 bits per heavy atom. The number of nitro benzene ring substituents is 1. The van der Waals surface area contributed by atoms with Crippen molar-refractivity contribution < 1.29 is 18.9 Å². The van der Waals surface area contributed by atoms with Gasteiger partial charge in [-0.3, -0.25) is 14.9 Å². The van der Waals surface area contributed by atoms with Crippen LogP contribution in [0.1, 0.15) is 10.4 Å². The number of amides is 1. The van der Waals surface area contributed by atoms with Crippen molar-refractivity contribution in [1.29, 1.82) is 0 Å². The molecule has 2 heterocycles. The quantitative estimate of drug-likeness (QED) is 0.317. The Morgan fingerprint density at radius 3 is 2.50 bits per heavy atom. The number of anilines is 1. The van der Waals surface area contributed by atoms with E-state index in [4.69, 9.17) is 32.4 Å². The van der Waals surface area contributed by atoms with Gasteiger partial charge in [0.05, 0.1) is 28.8 Å². The minimum absolute atomic E-state index is 0.0392. The third-order valence-electron chi connectivity index (χ3n) is 5.26. The predicted molar refractivity (Wildman–Crippen MR) is 120 cm³/mol. The highest BCUT2D eigenvalue weighted by molar-refractivity contribution is 6.35. The molecule has 0 bridgehead atoms. The Balaban J connectivity index is 1.60. The molecule has 4 rings (SSSR count). The number of piperazine rings is 1. The summed E-state index contributed by atoms with van der Waals surface area (Å²) in [6, 6.07) is 8.87. The van der Waals surface area contributed by atoms with E-state index < -0.39 is 16.5 Å². The summed E-state index contributed by atoms with van der Waals surface area (Å²) in [5.74, 6) is -0.472. The van der Waals surface area contributed by atoms with E-state index in [1.807, 2.05) is 4.90 Å². The molecule has 1 aliphatic heterocycles. The standard InChI is InChI=1S/C21H17Cl2N3O6/c1-31-18-11-14(26(29)30)8-12-9-15(21(28)32-19(12)18)20(27)25-6-4-24(5-7-25)17-10-13(22)2-3-16(17)23/h2-3,8-11H,4-7H2,1H3. The van der Waals surface area contributed by atoms with E-state index >= 15 is 0 Å². The van der Waals surface area contributed by atoms with Crippen LogP contribution in [0.3, 0.4) is 0 Å². The van der Waals surface area contributed by atoms with Crippen LogP contribution in [0.2, 0.25) is 10.0 Å². The second-order valence-corrected chi connectivity index (χ2v) is 7.99. The maximum atomic E-state index is 13.0. The lowest BCUT2D eigenvalue weighted by Crippen LogP contribution is -2.49. The van der Waals surface area contributed by atoms with Gasteiger partial charge in [-0.2, -0.15) is 0 Å². The molecule has 1 aromatic heterocycles. The van der Waals surface area contributed by atoms with Gasteiger partial charge in [-0.15, -0.1) is 0 Å². The van der Waals surface area contributed by atoms with Crippen molar-refractivity contribution in [3.05, 3.63) is 72.5 Å². The van der Waals surface area contributed by atoms with E-state index in [0.717, 1.165) is 11.8 Å². The SMILES string of the molecule is COc1cc([N+](=O)[O-])cc2cc(C(=O)N3CCN(c4cc(Cl)ccc4Cl)CC3)c(=O)oc12. The van der Waals surface area contributed by atoms with Crippen molar-refractivity contribution in [3.63, 3.8) is 0 Å². The maximum absolute atomic E-state index is 13.0. The van der Waals surface area contributed by atoms with Crippen molar-refractivity contribution in [1.82, 2.24) is 4.90 Å². The summed E-state index contributed by atoms with van der Waals surface area (Å²) in [5, 5.41) is 12.5. The number of non-ortho nitro benzene ring substituents is 1. The third-order valence-corrected chi connectivity index (χ3v) is 5.81. The first-order valence-corrected chi connectivity index (χ1v) is 10.3. The summed E-state index contributed by atoms with van der Waals surface area (Å²) >= 11 is 12.3. The summed E-state index contributed by atoms with van der Waals surface area (Å²) in [6.45, 7) is 1.67. The van der Waals surface area contributed by atoms with E-state index in [0.29, 0.717) is 36.2 Å². The van der Waals surface area contributed by atoms with Gasteiger partial charge in [0.1, 0.15) is 5.56 Å². The molecule has 1 fully saturated rings. The van der Waals surface area contributed by atoms with E-state index in [-0.39, 0.29) is 28.0 Å². The number of hydrogen-bond acceptors (Lipinski definition) is 7. The lowest BCUT2D eigenvalue weighted by atomic mass is 10.1. The predicted octanol–water partition coefficient (Wildman–Crippen LogP) is 3.98. The largest absolute Gasteiger partial charge is 0.493 e. The van der Waals surface area contributed by atoms with Gasteiger partial charge in [-0.25, -0.2) is 4.79 Å². The molecule has 3 aromatic rings. The molecule has 1 amide bonds. The first-order valence-electron chi connectivity index (χ1n) is 9.58. The molecule has 2 aromatic carbocycles. The Hall–Kier alpha value is -3.30. The molecule has 0 atom stereocenters. The third kappa shape index (κ3) is 4.09. The number of benzene rings is 2. The molecule has 0 radical (unpaired) electrons. The van der Waals surface area contributed by atoms with Crippen LogP contribution in [-0.4, -0.2) is 49.0 Å². The molecule has 0 aliphatic carbocycles. The van der Waals surface area contributed by atoms with Crippen LogP contribution in [0, 0.1) is 10.1 Å². The number of halogens is 2. The Labute approximate surface area is 191 Å². The number of carbonyl (C=O) groups is 1. The average molecular weight is 478 g/mol. The summed E-state index contributed by atoms with van der Waals surface area (Å²) < 4.78 is 10.4. The molecule has 166 valence electrons. The number of methoxy groups -OCH3 is 1. The number of nitro groups is 1. The molecular weight excluding hydrogens is 461 g/mol. The van der Waals surface area contributed by atoms with Crippen LogP contribution in [0.25, 0.3) is 11.0 Å². The van der Waals surface area contributed by atoms with Gasteiger partial charge in [0.2, 0.25) is 0 Å². The number of carbonyl (C=O) groups excluding carboxylic acids is 1. The minimum atomic E-state index is -0.838. The van der Waals surface area contributed by atoms with Crippen molar-refractivity contribution in [3.8, 4) is 5.75 Å². The molecule has 32 heavy (non-hydrogen) atoms. The van der Waals surface area contributed by atoms with E-state index in [9.17, 15) is 19.7 Å². The fourth-order valence-electron chi connectivity index (χ4n) is 3.64. The first-order chi connectivity index (χ1) is 15.3. The highest BCUT2D eigenvalue weighted by Crippen LogP contribution is 2.32. The van der Waals surface area contributed by atoms with Gasteiger partial charge in [0.15, 0.2) is 11.3 Å². The van der Waals surface area contributed by atoms with Crippen molar-refractivity contribution in [2.45, 2.75) is 0 Å². The van der Waals surface area contributed by atoms with Crippen molar-refractivity contribution in [2.75, 3.05) is 38.2 Å². The molecule has 0 spiro atoms. The summed E-state index contributed by atoms with van der Waals surface area (Å²) in [5.41, 5.74) is -0.464. The summed E-state index contributed by atoms with van der Waals surface area (Å²) in [6.07, 6.45) is 0. The molecule has 1 saturated heterocycles. The topological polar surface area (TPSA) is 106 Å². The smallest absolute Gasteiger partial charge is 0.349 e. The zero-order valence-corrected chi connectivity index (χ0v) is 18.4. The highest BCUT2D eigenvalue weighted by atomic mass is 35.5. The van der Waals surface area contributed by atoms with Crippen LogP contribution in [0.5, 0.6) is 5.75 Å². The van der Waals surface area contributed by atoms with Crippen LogP contribution in [0.4, 0.5) is 11.4 Å². The number of fused-ring (bicyclic) bond motifs is 1. The second kappa shape index (κ2) is 8.68. The van der Waals surface area contributed by atoms with Gasteiger partial charge in [0.25, 0.3) is 11.6 Å². The lowest BCUT2D eigenvalue weighted by molar-refractivity contribution is -0.384. The molecular formula is C21H17Cl2N3O6. The Morgan fingerprint density at radius 1 is 1.12 bits per heavy atom. The van der Waals surface area contributed by atoms with E-state index in [1.165, 1.54) is 24.1 Å². The van der Waals surface area contributed by atoms with Gasteiger partial charge in [0, 0.05) is 42.7 Å². The number of nitrogens with zero attached hydrogens (tertiary/aromatic N) is 3. The van der Waals surface area contributed by atoms with Crippen LogP contribution >= 0.6 is 23.2 Å². The number of rotatable bonds is 4. The molecule has 0 unspecified atom stereocenters. The van der Waals surface area contributed by atoms with Crippen LogP contribution in [0.15, 0.2) is 45.6 Å². The zero-order chi connectivity index (χ0) is 23.0. The van der Waals surface area contributed by atoms with E-state index in [1.54, 1.807) is 18.2 Å². The fraction of sp³-hybridized carbons (Fsp3) is 0.238. The number of ether oxygens (including phenoxy) is 1. The van der Waals surface area contributed by atoms with Crippen LogP contribution in [-0.2, 0) is 0 Å². The molecule has 9 nitrogen and oxygen atoms in total. The Bertz CT molecular complexity index is 1280. The second-order valence-electron chi connectivity index (χ2n) is 7.15. The highest BCUT2D eigenvalue weighted by Gasteiger charge is 2.27. The van der Waals surface area contributed by atoms with Gasteiger partial charge in [-0.1, -0.05) is 23.2 Å². The van der Waals surface area contributed by atoms with Gasteiger partial charge < -0.3 is 19.0 Å². The zero-order valence-electron chi connectivity index (χ0n) is 16.8. The normalized spacial score (nSPS) is 14.0. The molecule has 1 aliphatic rings. The number of hydrogen-bond donors (Lipinski definition) is 0. The maximum Gasteiger partial charge on any atom is 0.349 e. The first kappa shape index (κ1) is 21.9. The Kier molecular flexibility index (Phi) is 5.94. The van der Waals surface area contributed by atoms with Crippen LogP contribution < -0.4 is 15.3 Å².